The molecule has 0 aliphatic rings. The smallest absolute Gasteiger partial charge is 0.401 e. The second kappa shape index (κ2) is 8.28. The summed E-state index contributed by atoms with van der Waals surface area (Å²) in [5.74, 6) is -0.457. The SMILES string of the molecule is Cc1cc(C(F)(F)F)cc2c(=O)oc(-c3cc(C(F)F)nn3-c3ncccc3Cl)nc12.N. The van der Waals surface area contributed by atoms with Crippen molar-refractivity contribution in [3.8, 4) is 17.4 Å². The van der Waals surface area contributed by atoms with E-state index in [-0.39, 0.29) is 33.8 Å². The van der Waals surface area contributed by atoms with Gasteiger partial charge in [-0.1, -0.05) is 11.6 Å². The second-order valence-electron chi connectivity index (χ2n) is 6.47. The first-order valence-corrected chi connectivity index (χ1v) is 8.96. The van der Waals surface area contributed by atoms with E-state index in [1.54, 1.807) is 0 Å². The van der Waals surface area contributed by atoms with E-state index in [1.807, 2.05) is 0 Å². The Kier molecular flexibility index (Phi) is 6.03. The number of aromatic nitrogens is 4. The number of nitrogens with zero attached hydrogens (tertiary/aromatic N) is 4. The van der Waals surface area contributed by atoms with Crippen LogP contribution in [0, 0.1) is 6.92 Å². The number of alkyl halides is 5. The van der Waals surface area contributed by atoms with Gasteiger partial charge in [-0.25, -0.2) is 28.2 Å². The van der Waals surface area contributed by atoms with Gasteiger partial charge in [-0.3, -0.25) is 0 Å². The zero-order chi connectivity index (χ0) is 22.5. The van der Waals surface area contributed by atoms with E-state index in [0.717, 1.165) is 16.8 Å². The van der Waals surface area contributed by atoms with Crippen LogP contribution in [0.25, 0.3) is 28.3 Å². The molecule has 13 heteroatoms. The van der Waals surface area contributed by atoms with Crippen LogP contribution in [0.3, 0.4) is 0 Å². The first kappa shape index (κ1) is 23.3. The van der Waals surface area contributed by atoms with Gasteiger partial charge in [-0.05, 0) is 42.8 Å². The topological polar surface area (TPSA) is 109 Å². The molecule has 4 rings (SSSR count). The summed E-state index contributed by atoms with van der Waals surface area (Å²) in [7, 11) is 0. The van der Waals surface area contributed by atoms with E-state index in [0.29, 0.717) is 6.07 Å². The summed E-state index contributed by atoms with van der Waals surface area (Å²) >= 11 is 6.09. The molecular formula is C19H13ClF5N5O2. The number of hydrogen-bond acceptors (Lipinski definition) is 6. The first-order valence-electron chi connectivity index (χ1n) is 8.58. The molecule has 0 fully saturated rings. The lowest BCUT2D eigenvalue weighted by molar-refractivity contribution is -0.137. The van der Waals surface area contributed by atoms with E-state index in [2.05, 4.69) is 15.1 Å². The van der Waals surface area contributed by atoms with Gasteiger partial charge in [0, 0.05) is 6.20 Å². The summed E-state index contributed by atoms with van der Waals surface area (Å²) in [6, 6.07) is 5.36. The Morgan fingerprint density at radius 3 is 2.53 bits per heavy atom. The molecule has 168 valence electrons. The summed E-state index contributed by atoms with van der Waals surface area (Å²) in [6.45, 7) is 1.34. The molecule has 0 saturated heterocycles. The van der Waals surface area contributed by atoms with Gasteiger partial charge in [-0.15, -0.1) is 0 Å². The van der Waals surface area contributed by atoms with Crippen molar-refractivity contribution in [1.82, 2.24) is 25.9 Å². The maximum atomic E-state index is 13.3. The van der Waals surface area contributed by atoms with Crippen molar-refractivity contribution in [2.24, 2.45) is 0 Å². The minimum Gasteiger partial charge on any atom is -0.401 e. The van der Waals surface area contributed by atoms with Crippen molar-refractivity contribution in [2.75, 3.05) is 0 Å². The fourth-order valence-electron chi connectivity index (χ4n) is 2.98. The highest BCUT2D eigenvalue weighted by atomic mass is 35.5. The Morgan fingerprint density at radius 1 is 1.19 bits per heavy atom. The average molecular weight is 474 g/mol. The number of rotatable bonds is 3. The maximum Gasteiger partial charge on any atom is 0.416 e. The molecule has 0 saturated carbocycles. The molecule has 3 aromatic heterocycles. The highest BCUT2D eigenvalue weighted by Crippen LogP contribution is 2.33. The fourth-order valence-corrected chi connectivity index (χ4v) is 3.18. The van der Waals surface area contributed by atoms with Crippen LogP contribution in [0.4, 0.5) is 22.0 Å². The van der Waals surface area contributed by atoms with E-state index < -0.39 is 40.8 Å². The van der Waals surface area contributed by atoms with Gasteiger partial charge in [0.25, 0.3) is 6.43 Å². The van der Waals surface area contributed by atoms with Gasteiger partial charge in [0.2, 0.25) is 5.89 Å². The minimum atomic E-state index is -4.68. The van der Waals surface area contributed by atoms with Gasteiger partial charge < -0.3 is 10.6 Å². The molecule has 0 atom stereocenters. The van der Waals surface area contributed by atoms with E-state index in [4.69, 9.17) is 16.0 Å². The summed E-state index contributed by atoms with van der Waals surface area (Å²) in [4.78, 5) is 20.6. The summed E-state index contributed by atoms with van der Waals surface area (Å²) < 4.78 is 71.8. The van der Waals surface area contributed by atoms with Crippen molar-refractivity contribution in [1.29, 1.82) is 0 Å². The molecule has 4 aromatic rings. The number of fused-ring (bicyclic) bond motifs is 1. The Labute approximate surface area is 181 Å². The Hall–Kier alpha value is -3.38. The third-order valence-electron chi connectivity index (χ3n) is 4.36. The molecule has 0 aliphatic carbocycles. The molecule has 0 aliphatic heterocycles. The van der Waals surface area contributed by atoms with Crippen LogP contribution in [0.5, 0.6) is 0 Å². The molecule has 3 heterocycles. The predicted molar refractivity (Wildman–Crippen MR) is 105 cm³/mol. The van der Waals surface area contributed by atoms with Gasteiger partial charge in [0.05, 0.1) is 21.5 Å². The molecule has 0 amide bonds. The van der Waals surface area contributed by atoms with Crippen LogP contribution in [-0.2, 0) is 6.18 Å². The number of aryl methyl sites for hydroxylation is 1. The predicted octanol–water partition coefficient (Wildman–Crippen LogP) is 5.52. The van der Waals surface area contributed by atoms with Crippen molar-refractivity contribution >= 4 is 22.5 Å². The second-order valence-corrected chi connectivity index (χ2v) is 6.88. The number of pyridine rings is 1. The van der Waals surface area contributed by atoms with Crippen LogP contribution in [0.2, 0.25) is 5.02 Å². The monoisotopic (exact) mass is 473 g/mol. The fraction of sp³-hybridized carbons (Fsp3) is 0.158. The normalized spacial score (nSPS) is 11.8. The van der Waals surface area contributed by atoms with Crippen molar-refractivity contribution in [3.05, 3.63) is 68.8 Å². The lowest BCUT2D eigenvalue weighted by Crippen LogP contribution is -2.11. The van der Waals surface area contributed by atoms with E-state index >= 15 is 0 Å². The zero-order valence-corrected chi connectivity index (χ0v) is 16.9. The van der Waals surface area contributed by atoms with Gasteiger partial charge in [0.1, 0.15) is 11.4 Å². The van der Waals surface area contributed by atoms with Crippen LogP contribution >= 0.6 is 11.6 Å². The number of benzene rings is 1. The van der Waals surface area contributed by atoms with Crippen molar-refractivity contribution in [2.45, 2.75) is 19.5 Å². The Bertz CT molecular complexity index is 1370. The number of hydrogen-bond donors (Lipinski definition) is 1. The van der Waals surface area contributed by atoms with Gasteiger partial charge >= 0.3 is 11.8 Å². The third kappa shape index (κ3) is 4.06. The zero-order valence-electron chi connectivity index (χ0n) is 16.1. The van der Waals surface area contributed by atoms with E-state index in [9.17, 15) is 26.7 Å². The van der Waals surface area contributed by atoms with Crippen LogP contribution in [0.15, 0.2) is 45.7 Å². The van der Waals surface area contributed by atoms with Crippen molar-refractivity contribution < 1.29 is 26.4 Å². The van der Waals surface area contributed by atoms with E-state index in [1.165, 1.54) is 25.3 Å². The minimum absolute atomic E-state index is 0. The highest BCUT2D eigenvalue weighted by molar-refractivity contribution is 6.32. The molecule has 0 radical (unpaired) electrons. The summed E-state index contributed by atoms with van der Waals surface area (Å²) in [5, 5.41) is 3.44. The van der Waals surface area contributed by atoms with Crippen LogP contribution in [0.1, 0.15) is 23.2 Å². The van der Waals surface area contributed by atoms with Crippen LogP contribution in [-0.4, -0.2) is 19.7 Å². The molecule has 7 nitrogen and oxygen atoms in total. The summed E-state index contributed by atoms with van der Waals surface area (Å²) in [5.41, 5.74) is -3.01. The Morgan fingerprint density at radius 2 is 1.91 bits per heavy atom. The van der Waals surface area contributed by atoms with Crippen LogP contribution < -0.4 is 11.8 Å². The number of halogens is 6. The molecular weight excluding hydrogens is 461 g/mol. The van der Waals surface area contributed by atoms with Gasteiger partial charge in [0.15, 0.2) is 5.82 Å². The molecule has 0 spiro atoms. The Balaban J connectivity index is 0.00000289. The van der Waals surface area contributed by atoms with Gasteiger partial charge in [-0.2, -0.15) is 18.3 Å². The third-order valence-corrected chi connectivity index (χ3v) is 4.66. The maximum absolute atomic E-state index is 13.3. The lowest BCUT2D eigenvalue weighted by atomic mass is 10.1. The van der Waals surface area contributed by atoms with Crippen molar-refractivity contribution in [3.63, 3.8) is 0 Å². The largest absolute Gasteiger partial charge is 0.416 e. The average Bonchev–Trinajstić information content (AvgIpc) is 3.13. The highest BCUT2D eigenvalue weighted by Gasteiger charge is 2.32. The molecule has 0 unspecified atom stereocenters. The molecule has 3 N–H and O–H groups in total. The first-order chi connectivity index (χ1) is 14.6. The quantitative estimate of drug-likeness (QED) is 0.393. The lowest BCUT2D eigenvalue weighted by Gasteiger charge is -2.10. The molecule has 0 bridgehead atoms. The standard InChI is InChI=1S/C19H10ClF5N4O2.H3N/c1-8-5-9(19(23,24)25)6-10-14(8)27-17(31-18(10)30)13-7-12(15(21)22)28-29(13)16-11(20)3-2-4-26-16;/h2-7,15H,1H3;1H3. The molecule has 1 aromatic carbocycles. The summed E-state index contributed by atoms with van der Waals surface area (Å²) in [6.07, 6.45) is -6.29. The molecule has 32 heavy (non-hydrogen) atoms.